The molecule has 0 spiro atoms. The number of aliphatic carboxylic acids is 1. The van der Waals surface area contributed by atoms with Gasteiger partial charge in [0.2, 0.25) is 0 Å². The van der Waals surface area contributed by atoms with E-state index in [4.69, 9.17) is 21.4 Å². The second-order valence-electron chi connectivity index (χ2n) is 4.74. The molecule has 0 aromatic carbocycles. The molecule has 2 rings (SSSR count). The summed E-state index contributed by atoms with van der Waals surface area (Å²) in [6, 6.07) is 1.23. The Balaban J connectivity index is 2.02. The van der Waals surface area contributed by atoms with Crippen molar-refractivity contribution in [2.45, 2.75) is 12.5 Å². The van der Waals surface area contributed by atoms with Crippen LogP contribution in [0, 0.1) is 10.1 Å². The van der Waals surface area contributed by atoms with E-state index in [1.165, 1.54) is 6.07 Å². The van der Waals surface area contributed by atoms with E-state index in [0.717, 1.165) is 6.20 Å². The topological polar surface area (TPSA) is 106 Å². The fourth-order valence-corrected chi connectivity index (χ4v) is 2.27. The smallest absolute Gasteiger partial charge is 0.329 e. The molecule has 8 nitrogen and oxygen atoms in total. The van der Waals surface area contributed by atoms with Gasteiger partial charge in [0, 0.05) is 6.07 Å². The molecule has 1 N–H and O–H groups in total. The van der Waals surface area contributed by atoms with Crippen LogP contribution in [0.15, 0.2) is 12.3 Å². The molecule has 0 radical (unpaired) electrons. The van der Waals surface area contributed by atoms with E-state index in [0.29, 0.717) is 18.9 Å². The van der Waals surface area contributed by atoms with Crippen LogP contribution >= 0.6 is 11.6 Å². The number of carboxylic acids is 1. The number of aromatic nitrogens is 1. The summed E-state index contributed by atoms with van der Waals surface area (Å²) in [5, 5.41) is 19.3. The average molecular weight is 302 g/mol. The van der Waals surface area contributed by atoms with E-state index >= 15 is 0 Å². The van der Waals surface area contributed by atoms with Crippen molar-refractivity contribution in [3.63, 3.8) is 0 Å². The lowest BCUT2D eigenvalue weighted by Gasteiger charge is -2.48. The van der Waals surface area contributed by atoms with Crippen molar-refractivity contribution in [1.29, 1.82) is 0 Å². The summed E-state index contributed by atoms with van der Waals surface area (Å²) in [7, 11) is 0. The quantitative estimate of drug-likeness (QED) is 0.645. The number of pyridine rings is 1. The monoisotopic (exact) mass is 301 g/mol. The van der Waals surface area contributed by atoms with Gasteiger partial charge in [-0.1, -0.05) is 11.6 Å². The Hall–Kier alpha value is -1.93. The number of nitro groups is 1. The number of anilines is 1. The zero-order chi connectivity index (χ0) is 14.9. The van der Waals surface area contributed by atoms with Crippen molar-refractivity contribution < 1.29 is 19.6 Å². The maximum Gasteiger partial charge on any atom is 0.329 e. The highest BCUT2D eigenvalue weighted by molar-refractivity contribution is 6.33. The van der Waals surface area contributed by atoms with Crippen molar-refractivity contribution in [1.82, 2.24) is 4.98 Å². The molecule has 20 heavy (non-hydrogen) atoms. The first-order valence-electron chi connectivity index (χ1n) is 5.71. The van der Waals surface area contributed by atoms with Crippen molar-refractivity contribution in [3.8, 4) is 0 Å². The summed E-state index contributed by atoms with van der Waals surface area (Å²) in [5.74, 6) is -0.607. The summed E-state index contributed by atoms with van der Waals surface area (Å²) in [6.07, 6.45) is 1.13. The molecule has 0 unspecified atom stereocenters. The lowest BCUT2D eigenvalue weighted by atomic mass is 9.96. The van der Waals surface area contributed by atoms with Gasteiger partial charge in [-0.2, -0.15) is 0 Å². The van der Waals surface area contributed by atoms with E-state index in [1.54, 1.807) is 11.8 Å². The normalized spacial score (nSPS) is 16.6. The number of nitrogens with zero attached hydrogens (tertiary/aromatic N) is 3. The molecule has 1 fully saturated rings. The number of carboxylic acid groups (broad SMARTS) is 1. The number of carbonyl (C=O) groups is 1. The van der Waals surface area contributed by atoms with Crippen molar-refractivity contribution in [3.05, 3.63) is 27.4 Å². The average Bonchev–Trinajstić information content (AvgIpc) is 2.33. The third-order valence-corrected chi connectivity index (χ3v) is 3.19. The minimum Gasteiger partial charge on any atom is -0.480 e. The lowest BCUT2D eigenvalue weighted by molar-refractivity contribution is -0.385. The van der Waals surface area contributed by atoms with E-state index in [9.17, 15) is 14.9 Å². The number of rotatable bonds is 5. The van der Waals surface area contributed by atoms with Crippen LogP contribution in [-0.4, -0.2) is 46.3 Å². The first-order valence-corrected chi connectivity index (χ1v) is 6.09. The molecule has 0 bridgehead atoms. The van der Waals surface area contributed by atoms with Gasteiger partial charge in [-0.25, -0.2) is 9.78 Å². The molecular weight excluding hydrogens is 290 g/mol. The van der Waals surface area contributed by atoms with Crippen LogP contribution < -0.4 is 4.90 Å². The molecule has 108 valence electrons. The first-order chi connectivity index (χ1) is 9.31. The summed E-state index contributed by atoms with van der Waals surface area (Å²) in [6.45, 7) is 2.26. The van der Waals surface area contributed by atoms with E-state index in [2.05, 4.69) is 4.98 Å². The molecule has 0 aliphatic carbocycles. The van der Waals surface area contributed by atoms with Crippen LogP contribution in [0.3, 0.4) is 0 Å². The molecule has 0 atom stereocenters. The largest absolute Gasteiger partial charge is 0.480 e. The molecule has 1 aromatic rings. The van der Waals surface area contributed by atoms with Gasteiger partial charge in [0.25, 0.3) is 5.69 Å². The Kier molecular flexibility index (Phi) is 3.78. The predicted octanol–water partition coefficient (Wildman–Crippen LogP) is 1.32. The number of hydrogen-bond acceptors (Lipinski definition) is 6. The van der Waals surface area contributed by atoms with Crippen molar-refractivity contribution in [2.75, 3.05) is 24.6 Å². The summed E-state index contributed by atoms with van der Waals surface area (Å²) in [5.41, 5.74) is -0.755. The van der Waals surface area contributed by atoms with E-state index < -0.39 is 16.5 Å². The molecule has 0 amide bonds. The highest BCUT2D eigenvalue weighted by Gasteiger charge is 2.41. The first kappa shape index (κ1) is 14.5. The second kappa shape index (κ2) is 5.22. The molecule has 9 heteroatoms. The van der Waals surface area contributed by atoms with E-state index in [1.807, 2.05) is 0 Å². The van der Waals surface area contributed by atoms with Crippen molar-refractivity contribution in [2.24, 2.45) is 0 Å². The van der Waals surface area contributed by atoms with Gasteiger partial charge < -0.3 is 14.7 Å². The van der Waals surface area contributed by atoms with Gasteiger partial charge in [0.15, 0.2) is 0 Å². The Morgan fingerprint density at radius 3 is 2.85 bits per heavy atom. The minimum absolute atomic E-state index is 0.177. The van der Waals surface area contributed by atoms with Gasteiger partial charge >= 0.3 is 5.97 Å². The van der Waals surface area contributed by atoms with Gasteiger partial charge in [-0.05, 0) is 6.92 Å². The maximum atomic E-state index is 10.6. The number of halogens is 1. The molecule has 1 saturated heterocycles. The Labute approximate surface area is 119 Å². The Bertz CT molecular complexity index is 559. The zero-order valence-corrected chi connectivity index (χ0v) is 11.3. The number of ether oxygens (including phenoxy) is 1. The third kappa shape index (κ3) is 2.97. The number of hydrogen-bond donors (Lipinski definition) is 1. The minimum atomic E-state index is -1.03. The van der Waals surface area contributed by atoms with Crippen LogP contribution in [-0.2, 0) is 9.53 Å². The predicted molar refractivity (Wildman–Crippen MR) is 70.1 cm³/mol. The molecular formula is C11H12ClN3O5. The fraction of sp³-hybridized carbons (Fsp3) is 0.455. The van der Waals surface area contributed by atoms with E-state index in [-0.39, 0.29) is 17.3 Å². The Morgan fingerprint density at radius 1 is 1.70 bits per heavy atom. The maximum absolute atomic E-state index is 10.6. The lowest BCUT2D eigenvalue weighted by Crippen LogP contribution is -2.62. The van der Waals surface area contributed by atoms with Gasteiger partial charge in [-0.3, -0.25) is 10.1 Å². The highest BCUT2D eigenvalue weighted by atomic mass is 35.5. The standard InChI is InChI=1S/C11H12ClN3O5/c1-11(20-4-9(16)17)5-14(6-11)10-8(12)2-7(3-13-10)15(18)19/h2-3H,4-6H2,1H3,(H,16,17). The summed E-state index contributed by atoms with van der Waals surface area (Å²) in [4.78, 5) is 26.2. The second-order valence-corrected chi connectivity index (χ2v) is 5.15. The zero-order valence-electron chi connectivity index (χ0n) is 10.6. The van der Waals surface area contributed by atoms with Crippen LogP contribution in [0.4, 0.5) is 11.5 Å². The molecule has 1 aromatic heterocycles. The molecule has 0 saturated carbocycles. The molecule has 1 aliphatic heterocycles. The fourth-order valence-electron chi connectivity index (χ4n) is 1.99. The van der Waals surface area contributed by atoms with Gasteiger partial charge in [0.05, 0.1) is 23.0 Å². The summed E-state index contributed by atoms with van der Waals surface area (Å²) < 4.78 is 5.26. The molecule has 1 aliphatic rings. The van der Waals surface area contributed by atoms with Crippen LogP contribution in [0.1, 0.15) is 6.92 Å². The molecule has 2 heterocycles. The van der Waals surface area contributed by atoms with Crippen LogP contribution in [0.5, 0.6) is 0 Å². The third-order valence-electron chi connectivity index (χ3n) is 2.91. The van der Waals surface area contributed by atoms with Gasteiger partial charge in [0.1, 0.15) is 24.2 Å². The SMILES string of the molecule is CC1(OCC(=O)O)CN(c2ncc([N+](=O)[O-])cc2Cl)C1. The van der Waals surface area contributed by atoms with Crippen molar-refractivity contribution >= 4 is 29.1 Å². The van der Waals surface area contributed by atoms with Gasteiger partial charge in [-0.15, -0.1) is 0 Å². The van der Waals surface area contributed by atoms with Crippen LogP contribution in [0.25, 0.3) is 0 Å². The van der Waals surface area contributed by atoms with Crippen LogP contribution in [0.2, 0.25) is 5.02 Å². The Morgan fingerprint density at radius 2 is 2.35 bits per heavy atom. The highest BCUT2D eigenvalue weighted by Crippen LogP contribution is 2.34. The summed E-state index contributed by atoms with van der Waals surface area (Å²) >= 11 is 5.96.